The lowest BCUT2D eigenvalue weighted by atomic mass is 10.2. The van der Waals surface area contributed by atoms with Gasteiger partial charge in [-0.1, -0.05) is 0 Å². The molecule has 0 N–H and O–H groups in total. The number of halogens is 1. The summed E-state index contributed by atoms with van der Waals surface area (Å²) in [7, 11) is 1.72. The third-order valence-electron chi connectivity index (χ3n) is 4.63. The maximum Gasteiger partial charge on any atom is 0.410 e. The van der Waals surface area contributed by atoms with Crippen LogP contribution in [0, 0.1) is 0 Å². The molecule has 148 valence electrons. The van der Waals surface area contributed by atoms with E-state index in [1.807, 2.05) is 26.8 Å². The van der Waals surface area contributed by atoms with Gasteiger partial charge in [0.25, 0.3) is 5.56 Å². The van der Waals surface area contributed by atoms with Crippen molar-refractivity contribution in [1.82, 2.24) is 14.4 Å². The van der Waals surface area contributed by atoms with Crippen LogP contribution in [0.2, 0.25) is 0 Å². The molecule has 3 rings (SSSR count). The number of carbonyl (C=O) groups is 1. The van der Waals surface area contributed by atoms with Crippen molar-refractivity contribution in [2.24, 2.45) is 7.05 Å². The second-order valence-electron chi connectivity index (χ2n) is 8.09. The topological polar surface area (TPSA) is 67.9 Å². The Labute approximate surface area is 167 Å². The average Bonchev–Trinajstić information content (AvgIpc) is 2.97. The monoisotopic (exact) mass is 439 g/mol. The van der Waals surface area contributed by atoms with Gasteiger partial charge in [0.2, 0.25) is 0 Å². The summed E-state index contributed by atoms with van der Waals surface area (Å²) in [5, 5.41) is 0.571. The van der Waals surface area contributed by atoms with E-state index in [1.165, 1.54) is 4.57 Å². The number of amides is 1. The average molecular weight is 440 g/mol. The Kier molecular flexibility index (Phi) is 5.40. The largest absolute Gasteiger partial charge is 0.458 e. The molecule has 3 heterocycles. The maximum absolute atomic E-state index is 12.3. The molecule has 2 aromatic rings. The zero-order valence-electron chi connectivity index (χ0n) is 16.4. The first-order valence-corrected chi connectivity index (χ1v) is 9.84. The van der Waals surface area contributed by atoms with Gasteiger partial charge in [0.1, 0.15) is 11.4 Å². The van der Waals surface area contributed by atoms with E-state index in [-0.39, 0.29) is 17.7 Å². The number of hydrogen-bond acceptors (Lipinski definition) is 5. The highest BCUT2D eigenvalue weighted by Gasteiger charge is 2.30. The lowest BCUT2D eigenvalue weighted by molar-refractivity contribution is 0.00382. The minimum atomic E-state index is -0.495. The summed E-state index contributed by atoms with van der Waals surface area (Å²) in [5.41, 5.74) is 0.00446. The fraction of sp³-hybridized carbons (Fsp3) is 0.579. The van der Waals surface area contributed by atoms with Crippen molar-refractivity contribution in [2.45, 2.75) is 45.9 Å². The molecule has 1 saturated heterocycles. The van der Waals surface area contributed by atoms with E-state index in [0.717, 1.165) is 16.8 Å². The number of nitrogens with zero attached hydrogens (tertiary/aromatic N) is 3. The van der Waals surface area contributed by atoms with E-state index >= 15 is 0 Å². The van der Waals surface area contributed by atoms with E-state index in [1.54, 1.807) is 18.1 Å². The molecule has 0 radical (unpaired) electrons. The number of pyridine rings is 1. The standard InChI is InChI=1S/C19H26BrN3O4/c1-12-9-23(18(25)27-19(2,3)4)7-6-22(12)10-13-8-14-16(26-13)15(20)11-21(5)17(14)24/h8,11-12H,6-7,9-10H2,1-5H3/t12-/m1/s1. The van der Waals surface area contributed by atoms with E-state index in [4.69, 9.17) is 9.15 Å². The van der Waals surface area contributed by atoms with Gasteiger partial charge in [-0.05, 0) is 49.7 Å². The van der Waals surface area contributed by atoms with Crippen LogP contribution in [0.25, 0.3) is 11.0 Å². The van der Waals surface area contributed by atoms with Gasteiger partial charge in [0.05, 0.1) is 16.4 Å². The van der Waals surface area contributed by atoms with Crippen LogP contribution < -0.4 is 5.56 Å². The molecule has 1 aliphatic heterocycles. The van der Waals surface area contributed by atoms with Gasteiger partial charge in [0.15, 0.2) is 5.58 Å². The van der Waals surface area contributed by atoms with Crippen LogP contribution in [0.1, 0.15) is 33.5 Å². The molecule has 27 heavy (non-hydrogen) atoms. The van der Waals surface area contributed by atoms with Gasteiger partial charge >= 0.3 is 6.09 Å². The second kappa shape index (κ2) is 7.31. The molecular weight excluding hydrogens is 414 g/mol. The van der Waals surface area contributed by atoms with E-state index in [0.29, 0.717) is 30.6 Å². The van der Waals surface area contributed by atoms with E-state index < -0.39 is 5.60 Å². The van der Waals surface area contributed by atoms with Crippen molar-refractivity contribution < 1.29 is 13.9 Å². The number of rotatable bonds is 2. The van der Waals surface area contributed by atoms with Gasteiger partial charge < -0.3 is 18.6 Å². The number of furan rings is 1. The Morgan fingerprint density at radius 3 is 2.70 bits per heavy atom. The van der Waals surface area contributed by atoms with Crippen LogP contribution >= 0.6 is 15.9 Å². The first kappa shape index (κ1) is 19.9. The summed E-state index contributed by atoms with van der Waals surface area (Å²) in [4.78, 5) is 28.6. The molecule has 1 amide bonds. The van der Waals surface area contributed by atoms with Gasteiger partial charge in [-0.2, -0.15) is 0 Å². The molecule has 0 saturated carbocycles. The van der Waals surface area contributed by atoms with Gasteiger partial charge in [0, 0.05) is 38.9 Å². The lowest BCUT2D eigenvalue weighted by Gasteiger charge is -2.39. The zero-order valence-corrected chi connectivity index (χ0v) is 18.0. The normalized spacial score (nSPS) is 18.9. The number of aromatic nitrogens is 1. The summed E-state index contributed by atoms with van der Waals surface area (Å²) in [6, 6.07) is 1.97. The number of fused-ring (bicyclic) bond motifs is 1. The maximum atomic E-state index is 12.3. The van der Waals surface area contributed by atoms with Crippen molar-refractivity contribution in [1.29, 1.82) is 0 Å². The molecule has 1 atom stereocenters. The van der Waals surface area contributed by atoms with Crippen LogP contribution in [0.3, 0.4) is 0 Å². The van der Waals surface area contributed by atoms with E-state index in [2.05, 4.69) is 27.8 Å². The Morgan fingerprint density at radius 1 is 1.37 bits per heavy atom. The Balaban J connectivity index is 1.70. The van der Waals surface area contributed by atoms with Gasteiger partial charge in [-0.15, -0.1) is 0 Å². The van der Waals surface area contributed by atoms with Crippen molar-refractivity contribution in [3.63, 3.8) is 0 Å². The van der Waals surface area contributed by atoms with Crippen molar-refractivity contribution in [3.8, 4) is 0 Å². The molecule has 1 fully saturated rings. The summed E-state index contributed by atoms with van der Waals surface area (Å²) in [5.74, 6) is 0.742. The molecule has 7 nitrogen and oxygen atoms in total. The molecule has 0 bridgehead atoms. The van der Waals surface area contributed by atoms with Crippen LogP contribution in [0.5, 0.6) is 0 Å². The highest BCUT2D eigenvalue weighted by atomic mass is 79.9. The highest BCUT2D eigenvalue weighted by Crippen LogP contribution is 2.26. The molecule has 8 heteroatoms. The smallest absolute Gasteiger partial charge is 0.410 e. The number of piperazine rings is 1. The third-order valence-corrected chi connectivity index (χ3v) is 5.20. The third kappa shape index (κ3) is 4.38. The zero-order chi connectivity index (χ0) is 19.9. The quantitative estimate of drug-likeness (QED) is 0.717. The van der Waals surface area contributed by atoms with Crippen LogP contribution in [-0.4, -0.2) is 51.7 Å². The van der Waals surface area contributed by atoms with Crippen molar-refractivity contribution in [2.75, 3.05) is 19.6 Å². The lowest BCUT2D eigenvalue weighted by Crippen LogP contribution is -2.54. The SMILES string of the molecule is C[C@@H]1CN(C(=O)OC(C)(C)C)CCN1Cc1cc2c(=O)n(C)cc(Br)c2o1. The second-order valence-corrected chi connectivity index (χ2v) is 8.95. The van der Waals surface area contributed by atoms with Crippen LogP contribution in [0.15, 0.2) is 25.9 Å². The number of aryl methyl sites for hydroxylation is 1. The Morgan fingerprint density at radius 2 is 2.07 bits per heavy atom. The Bertz CT molecular complexity index is 912. The van der Waals surface area contributed by atoms with Crippen molar-refractivity contribution >= 4 is 33.0 Å². The fourth-order valence-electron chi connectivity index (χ4n) is 3.26. The van der Waals surface area contributed by atoms with Crippen LogP contribution in [-0.2, 0) is 18.3 Å². The Hall–Kier alpha value is -1.80. The minimum Gasteiger partial charge on any atom is -0.458 e. The molecule has 0 aliphatic carbocycles. The molecule has 0 unspecified atom stereocenters. The van der Waals surface area contributed by atoms with Gasteiger partial charge in [-0.25, -0.2) is 4.79 Å². The number of ether oxygens (including phenoxy) is 1. The number of hydrogen-bond donors (Lipinski definition) is 0. The van der Waals surface area contributed by atoms with E-state index in [9.17, 15) is 9.59 Å². The molecule has 0 aromatic carbocycles. The molecule has 1 aliphatic rings. The van der Waals surface area contributed by atoms with Crippen LogP contribution in [0.4, 0.5) is 4.79 Å². The summed E-state index contributed by atoms with van der Waals surface area (Å²) in [6.45, 7) is 10.2. The fourth-order valence-corrected chi connectivity index (χ4v) is 3.86. The highest BCUT2D eigenvalue weighted by molar-refractivity contribution is 9.10. The van der Waals surface area contributed by atoms with Gasteiger partial charge in [-0.3, -0.25) is 9.69 Å². The predicted molar refractivity (Wildman–Crippen MR) is 107 cm³/mol. The molecule has 0 spiro atoms. The first-order chi connectivity index (χ1) is 12.5. The summed E-state index contributed by atoms with van der Waals surface area (Å²) >= 11 is 3.45. The first-order valence-electron chi connectivity index (χ1n) is 9.04. The predicted octanol–water partition coefficient (Wildman–Crippen LogP) is 3.34. The summed E-state index contributed by atoms with van der Waals surface area (Å²) < 4.78 is 13.7. The minimum absolute atomic E-state index is 0.0778. The molecule has 2 aromatic heterocycles. The molecular formula is C19H26BrN3O4. The van der Waals surface area contributed by atoms with Crippen molar-refractivity contribution in [3.05, 3.63) is 32.8 Å². The number of carbonyl (C=O) groups excluding carboxylic acids is 1. The summed E-state index contributed by atoms with van der Waals surface area (Å²) in [6.07, 6.45) is 1.44.